The van der Waals surface area contributed by atoms with E-state index in [1.165, 1.54) is 45.8 Å². The molecule has 1 aromatic heterocycles. The van der Waals surface area contributed by atoms with Crippen molar-refractivity contribution in [2.24, 2.45) is 0 Å². The molecule has 0 radical (unpaired) electrons. The Labute approximate surface area is 125 Å². The first-order chi connectivity index (χ1) is 10.2. The first kappa shape index (κ1) is 12.9. The topological polar surface area (TPSA) is 14.2 Å². The number of rotatable bonds is 1. The van der Waals surface area contributed by atoms with Gasteiger partial charge in [-0.3, -0.25) is 0 Å². The summed E-state index contributed by atoms with van der Waals surface area (Å²) in [5, 5.41) is 2.68. The van der Waals surface area contributed by atoms with Crippen molar-refractivity contribution in [2.45, 2.75) is 39.3 Å². The standard InChI is InChI=1S/C19H21NO/c1-13-6-8-15-16-9-7-14(2)12-18(16)20(17(15)11-13)19-5-3-4-10-21-19/h6-9,11-12,19H,3-5,10H2,1-2H3. The molecule has 1 unspecified atom stereocenters. The third-order valence-electron chi connectivity index (χ3n) is 4.56. The summed E-state index contributed by atoms with van der Waals surface area (Å²) in [6.07, 6.45) is 3.73. The van der Waals surface area contributed by atoms with Gasteiger partial charge in [0.05, 0.1) is 11.0 Å². The van der Waals surface area contributed by atoms with E-state index in [1.807, 2.05) is 0 Å². The number of nitrogens with zero attached hydrogens (tertiary/aromatic N) is 1. The maximum Gasteiger partial charge on any atom is 0.134 e. The minimum atomic E-state index is 0.183. The number of ether oxygens (including phenoxy) is 1. The highest BCUT2D eigenvalue weighted by Crippen LogP contribution is 2.36. The van der Waals surface area contributed by atoms with Crippen LogP contribution in [0.15, 0.2) is 36.4 Å². The molecule has 2 heterocycles. The molecule has 1 aliphatic heterocycles. The van der Waals surface area contributed by atoms with Gasteiger partial charge < -0.3 is 9.30 Å². The molecule has 108 valence electrons. The molecule has 2 nitrogen and oxygen atoms in total. The van der Waals surface area contributed by atoms with E-state index >= 15 is 0 Å². The number of aromatic nitrogens is 1. The zero-order chi connectivity index (χ0) is 14.4. The molecule has 0 aliphatic carbocycles. The van der Waals surface area contributed by atoms with Crippen molar-refractivity contribution >= 4 is 21.8 Å². The molecular formula is C19H21NO. The summed E-state index contributed by atoms with van der Waals surface area (Å²) in [6.45, 7) is 5.20. The highest BCUT2D eigenvalue weighted by atomic mass is 16.5. The van der Waals surface area contributed by atoms with Crippen LogP contribution in [0.5, 0.6) is 0 Å². The fraction of sp³-hybridized carbons (Fsp3) is 0.368. The first-order valence-corrected chi connectivity index (χ1v) is 7.86. The lowest BCUT2D eigenvalue weighted by Crippen LogP contribution is -2.17. The van der Waals surface area contributed by atoms with Crippen LogP contribution in [0.25, 0.3) is 21.8 Å². The Kier molecular flexibility index (Phi) is 3.00. The summed E-state index contributed by atoms with van der Waals surface area (Å²) in [5.41, 5.74) is 5.23. The molecule has 1 saturated heterocycles. The second kappa shape index (κ2) is 4.88. The number of hydrogen-bond acceptors (Lipinski definition) is 1. The smallest absolute Gasteiger partial charge is 0.134 e. The fourth-order valence-corrected chi connectivity index (χ4v) is 3.50. The summed E-state index contributed by atoms with van der Waals surface area (Å²) in [6, 6.07) is 13.5. The van der Waals surface area contributed by atoms with Crippen LogP contribution in [0.3, 0.4) is 0 Å². The lowest BCUT2D eigenvalue weighted by Gasteiger charge is -2.26. The van der Waals surface area contributed by atoms with Crippen LogP contribution in [0.2, 0.25) is 0 Å². The van der Waals surface area contributed by atoms with Gasteiger partial charge in [0, 0.05) is 17.4 Å². The Bertz CT molecular complexity index is 750. The summed E-state index contributed by atoms with van der Waals surface area (Å²) < 4.78 is 8.50. The quantitative estimate of drug-likeness (QED) is 0.603. The Morgan fingerprint density at radius 3 is 2.05 bits per heavy atom. The zero-order valence-electron chi connectivity index (χ0n) is 12.7. The monoisotopic (exact) mass is 279 g/mol. The van der Waals surface area contributed by atoms with Crippen LogP contribution in [-0.2, 0) is 4.74 Å². The van der Waals surface area contributed by atoms with Gasteiger partial charge in [-0.25, -0.2) is 0 Å². The Balaban J connectivity index is 2.07. The van der Waals surface area contributed by atoms with E-state index in [0.717, 1.165) is 13.0 Å². The van der Waals surface area contributed by atoms with Gasteiger partial charge in [-0.1, -0.05) is 24.3 Å². The van der Waals surface area contributed by atoms with Crippen molar-refractivity contribution in [1.82, 2.24) is 4.57 Å². The maximum atomic E-state index is 6.08. The van der Waals surface area contributed by atoms with Gasteiger partial charge in [-0.2, -0.15) is 0 Å². The SMILES string of the molecule is Cc1ccc2c3ccc(C)cc3n(C3CCCCO3)c2c1. The van der Waals surface area contributed by atoms with Crippen LogP contribution < -0.4 is 0 Å². The maximum absolute atomic E-state index is 6.08. The van der Waals surface area contributed by atoms with Crippen molar-refractivity contribution in [3.8, 4) is 0 Å². The first-order valence-electron chi connectivity index (χ1n) is 7.86. The Hall–Kier alpha value is -1.80. The van der Waals surface area contributed by atoms with Gasteiger partial charge in [0.2, 0.25) is 0 Å². The molecule has 4 rings (SSSR count). The number of aryl methyl sites for hydroxylation is 2. The molecule has 21 heavy (non-hydrogen) atoms. The average Bonchev–Trinajstić information content (AvgIpc) is 2.80. The van der Waals surface area contributed by atoms with E-state index in [4.69, 9.17) is 4.74 Å². The van der Waals surface area contributed by atoms with Crippen molar-refractivity contribution < 1.29 is 4.74 Å². The third-order valence-corrected chi connectivity index (χ3v) is 4.56. The molecule has 3 aromatic rings. The van der Waals surface area contributed by atoms with Gasteiger partial charge >= 0.3 is 0 Å². The predicted octanol–water partition coefficient (Wildman–Crippen LogP) is 5.11. The van der Waals surface area contributed by atoms with Gasteiger partial charge in [-0.05, 0) is 56.4 Å². The lowest BCUT2D eigenvalue weighted by atomic mass is 10.1. The lowest BCUT2D eigenvalue weighted by molar-refractivity contribution is -0.0267. The summed E-state index contributed by atoms with van der Waals surface area (Å²) in [4.78, 5) is 0. The third kappa shape index (κ3) is 2.06. The van der Waals surface area contributed by atoms with Crippen LogP contribution in [-0.4, -0.2) is 11.2 Å². The van der Waals surface area contributed by atoms with Gasteiger partial charge in [0.1, 0.15) is 6.23 Å². The summed E-state index contributed by atoms with van der Waals surface area (Å²) in [7, 11) is 0. The molecule has 2 aromatic carbocycles. The van der Waals surface area contributed by atoms with E-state index in [2.05, 4.69) is 54.8 Å². The van der Waals surface area contributed by atoms with Crippen molar-refractivity contribution in [2.75, 3.05) is 6.61 Å². The van der Waals surface area contributed by atoms with Gasteiger partial charge in [-0.15, -0.1) is 0 Å². The second-order valence-electron chi connectivity index (χ2n) is 6.23. The predicted molar refractivity (Wildman–Crippen MR) is 87.8 cm³/mol. The highest BCUT2D eigenvalue weighted by Gasteiger charge is 2.21. The van der Waals surface area contributed by atoms with Crippen LogP contribution >= 0.6 is 0 Å². The van der Waals surface area contributed by atoms with E-state index in [9.17, 15) is 0 Å². The van der Waals surface area contributed by atoms with Gasteiger partial charge in [0.25, 0.3) is 0 Å². The van der Waals surface area contributed by atoms with E-state index in [1.54, 1.807) is 0 Å². The van der Waals surface area contributed by atoms with Crippen LogP contribution in [0.4, 0.5) is 0 Å². The second-order valence-corrected chi connectivity index (χ2v) is 6.23. The van der Waals surface area contributed by atoms with E-state index in [0.29, 0.717) is 0 Å². The molecule has 2 heteroatoms. The molecule has 0 saturated carbocycles. The molecular weight excluding hydrogens is 258 g/mol. The number of hydrogen-bond donors (Lipinski definition) is 0. The molecule has 0 N–H and O–H groups in total. The normalized spacial score (nSPS) is 19.4. The van der Waals surface area contributed by atoms with E-state index < -0.39 is 0 Å². The molecule has 1 atom stereocenters. The molecule has 0 bridgehead atoms. The largest absolute Gasteiger partial charge is 0.358 e. The summed E-state index contributed by atoms with van der Waals surface area (Å²) in [5.74, 6) is 0. The van der Waals surface area contributed by atoms with Crippen molar-refractivity contribution in [3.63, 3.8) is 0 Å². The Morgan fingerprint density at radius 2 is 1.52 bits per heavy atom. The van der Waals surface area contributed by atoms with Gasteiger partial charge in [0.15, 0.2) is 0 Å². The Morgan fingerprint density at radius 1 is 0.905 bits per heavy atom. The van der Waals surface area contributed by atoms with Crippen molar-refractivity contribution in [3.05, 3.63) is 47.5 Å². The minimum absolute atomic E-state index is 0.183. The van der Waals surface area contributed by atoms with E-state index in [-0.39, 0.29) is 6.23 Å². The number of benzene rings is 2. The molecule has 0 spiro atoms. The van der Waals surface area contributed by atoms with Crippen LogP contribution in [0.1, 0.15) is 36.6 Å². The highest BCUT2D eigenvalue weighted by molar-refractivity contribution is 6.08. The van der Waals surface area contributed by atoms with Crippen LogP contribution in [0, 0.1) is 13.8 Å². The number of fused-ring (bicyclic) bond motifs is 3. The molecule has 1 fully saturated rings. The summed E-state index contributed by atoms with van der Waals surface area (Å²) >= 11 is 0. The molecule has 1 aliphatic rings. The fourth-order valence-electron chi connectivity index (χ4n) is 3.50. The average molecular weight is 279 g/mol. The minimum Gasteiger partial charge on any atom is -0.358 e. The van der Waals surface area contributed by atoms with Crippen molar-refractivity contribution in [1.29, 1.82) is 0 Å². The molecule has 0 amide bonds. The zero-order valence-corrected chi connectivity index (χ0v) is 12.7.